The van der Waals surface area contributed by atoms with E-state index in [4.69, 9.17) is 4.42 Å². The SMILES string of the molecule is Cc1cccc2cc(C(=O)N3CCC[C@@H](n4ccnc4)C3)oc12. The van der Waals surface area contributed by atoms with E-state index in [0.717, 1.165) is 35.9 Å². The molecule has 0 N–H and O–H groups in total. The van der Waals surface area contributed by atoms with Crippen LogP contribution < -0.4 is 0 Å². The number of carbonyl (C=O) groups excluding carboxylic acids is 1. The Balaban J connectivity index is 1.58. The summed E-state index contributed by atoms with van der Waals surface area (Å²) in [6, 6.07) is 8.10. The maximum atomic E-state index is 12.8. The molecule has 1 saturated heterocycles. The minimum atomic E-state index is -0.0228. The number of carbonyl (C=O) groups is 1. The summed E-state index contributed by atoms with van der Waals surface area (Å²) in [5.41, 5.74) is 1.86. The number of piperidine rings is 1. The summed E-state index contributed by atoms with van der Waals surface area (Å²) in [5.74, 6) is 0.408. The molecule has 5 heteroatoms. The van der Waals surface area contributed by atoms with Crippen LogP contribution >= 0.6 is 0 Å². The Bertz CT molecular complexity index is 835. The van der Waals surface area contributed by atoms with Crippen LogP contribution in [0.15, 0.2) is 47.4 Å². The number of benzene rings is 1. The molecule has 0 unspecified atom stereocenters. The number of aryl methyl sites for hydroxylation is 1. The Kier molecular flexibility index (Phi) is 3.41. The van der Waals surface area contributed by atoms with Gasteiger partial charge in [0.2, 0.25) is 0 Å². The molecule has 23 heavy (non-hydrogen) atoms. The number of rotatable bonds is 2. The van der Waals surface area contributed by atoms with Gasteiger partial charge in [0.05, 0.1) is 12.4 Å². The molecule has 3 heterocycles. The molecule has 5 nitrogen and oxygen atoms in total. The first-order valence-corrected chi connectivity index (χ1v) is 7.98. The normalized spacial score (nSPS) is 18.5. The Morgan fingerprint density at radius 2 is 2.30 bits per heavy atom. The highest BCUT2D eigenvalue weighted by Crippen LogP contribution is 2.26. The van der Waals surface area contributed by atoms with E-state index in [0.29, 0.717) is 18.3 Å². The number of fused-ring (bicyclic) bond motifs is 1. The largest absolute Gasteiger partial charge is 0.451 e. The van der Waals surface area contributed by atoms with E-state index in [-0.39, 0.29) is 5.91 Å². The molecule has 1 fully saturated rings. The van der Waals surface area contributed by atoms with Gasteiger partial charge < -0.3 is 13.9 Å². The lowest BCUT2D eigenvalue weighted by molar-refractivity contribution is 0.0649. The first-order chi connectivity index (χ1) is 11.2. The van der Waals surface area contributed by atoms with Crippen LogP contribution in [-0.4, -0.2) is 33.4 Å². The summed E-state index contributed by atoms with van der Waals surface area (Å²) in [5, 5.41) is 0.983. The molecule has 1 atom stereocenters. The molecule has 1 aliphatic heterocycles. The number of likely N-dealkylation sites (tertiary alicyclic amines) is 1. The number of hydrogen-bond donors (Lipinski definition) is 0. The van der Waals surface area contributed by atoms with Crippen molar-refractivity contribution >= 4 is 16.9 Å². The highest BCUT2D eigenvalue weighted by molar-refractivity contribution is 5.96. The molecule has 4 rings (SSSR count). The van der Waals surface area contributed by atoms with E-state index >= 15 is 0 Å². The van der Waals surface area contributed by atoms with E-state index in [1.165, 1.54) is 0 Å². The summed E-state index contributed by atoms with van der Waals surface area (Å²) < 4.78 is 7.91. The second-order valence-electron chi connectivity index (χ2n) is 6.16. The van der Waals surface area contributed by atoms with Crippen LogP contribution in [0.25, 0.3) is 11.0 Å². The first-order valence-electron chi connectivity index (χ1n) is 7.98. The maximum Gasteiger partial charge on any atom is 0.289 e. The standard InChI is InChI=1S/C18H19N3O2/c1-13-4-2-5-14-10-16(23-17(13)14)18(22)20-8-3-6-15(11-20)21-9-7-19-12-21/h2,4-5,7,9-10,12,15H,3,6,8,11H2,1H3/t15-/m1/s1. The van der Waals surface area contributed by atoms with Gasteiger partial charge in [-0.3, -0.25) is 4.79 Å². The van der Waals surface area contributed by atoms with Gasteiger partial charge in [-0.1, -0.05) is 18.2 Å². The fourth-order valence-electron chi connectivity index (χ4n) is 3.34. The summed E-state index contributed by atoms with van der Waals surface area (Å²) >= 11 is 0. The second kappa shape index (κ2) is 5.57. The third-order valence-corrected chi connectivity index (χ3v) is 4.58. The number of hydrogen-bond acceptors (Lipinski definition) is 3. The molecule has 1 aliphatic rings. The molecular formula is C18H19N3O2. The van der Waals surface area contributed by atoms with Gasteiger partial charge in [-0.25, -0.2) is 4.98 Å². The zero-order valence-corrected chi connectivity index (χ0v) is 13.1. The van der Waals surface area contributed by atoms with Gasteiger partial charge in [-0.05, 0) is 31.4 Å². The highest BCUT2D eigenvalue weighted by Gasteiger charge is 2.27. The molecule has 0 spiro atoms. The predicted molar refractivity (Wildman–Crippen MR) is 87.4 cm³/mol. The average molecular weight is 309 g/mol. The molecule has 2 aromatic heterocycles. The van der Waals surface area contributed by atoms with Crippen LogP contribution in [0.1, 0.15) is 35.0 Å². The fraction of sp³-hybridized carbons (Fsp3) is 0.333. The Morgan fingerprint density at radius 3 is 3.09 bits per heavy atom. The van der Waals surface area contributed by atoms with Gasteiger partial charge in [-0.15, -0.1) is 0 Å². The number of imidazole rings is 1. The van der Waals surface area contributed by atoms with Crippen molar-refractivity contribution < 1.29 is 9.21 Å². The first kappa shape index (κ1) is 14.1. The molecule has 0 aliphatic carbocycles. The molecule has 1 amide bonds. The van der Waals surface area contributed by atoms with Gasteiger partial charge in [0.15, 0.2) is 5.76 Å². The van der Waals surface area contributed by atoms with Gasteiger partial charge in [0, 0.05) is 30.9 Å². The minimum Gasteiger partial charge on any atom is -0.451 e. The molecule has 118 valence electrons. The van der Waals surface area contributed by atoms with Crippen molar-refractivity contribution in [2.24, 2.45) is 0 Å². The summed E-state index contributed by atoms with van der Waals surface area (Å²) in [4.78, 5) is 18.8. The van der Waals surface area contributed by atoms with Crippen LogP contribution in [-0.2, 0) is 0 Å². The van der Waals surface area contributed by atoms with E-state index in [1.54, 1.807) is 6.20 Å². The highest BCUT2D eigenvalue weighted by atomic mass is 16.3. The lowest BCUT2D eigenvalue weighted by Gasteiger charge is -2.32. The molecule has 1 aromatic carbocycles. The third-order valence-electron chi connectivity index (χ3n) is 4.58. The van der Waals surface area contributed by atoms with Crippen molar-refractivity contribution in [3.8, 4) is 0 Å². The fourth-order valence-corrected chi connectivity index (χ4v) is 3.34. The van der Waals surface area contributed by atoms with Gasteiger partial charge in [0.1, 0.15) is 5.58 Å². The van der Waals surface area contributed by atoms with Crippen molar-refractivity contribution in [2.75, 3.05) is 13.1 Å². The number of aromatic nitrogens is 2. The van der Waals surface area contributed by atoms with Crippen molar-refractivity contribution in [1.29, 1.82) is 0 Å². The van der Waals surface area contributed by atoms with Crippen LogP contribution in [0.3, 0.4) is 0 Å². The lowest BCUT2D eigenvalue weighted by atomic mass is 10.1. The number of para-hydroxylation sites is 1. The minimum absolute atomic E-state index is 0.0228. The van der Waals surface area contributed by atoms with Gasteiger partial charge in [-0.2, -0.15) is 0 Å². The average Bonchev–Trinajstić information content (AvgIpc) is 3.24. The number of furan rings is 1. The second-order valence-corrected chi connectivity index (χ2v) is 6.16. The van der Waals surface area contributed by atoms with Gasteiger partial charge >= 0.3 is 0 Å². The van der Waals surface area contributed by atoms with Crippen molar-refractivity contribution in [1.82, 2.24) is 14.5 Å². The third kappa shape index (κ3) is 2.52. The van der Waals surface area contributed by atoms with Gasteiger partial charge in [0.25, 0.3) is 5.91 Å². The van der Waals surface area contributed by atoms with Crippen molar-refractivity contribution in [3.63, 3.8) is 0 Å². The Labute approximate surface area is 134 Å². The quantitative estimate of drug-likeness (QED) is 0.729. The van der Waals surface area contributed by atoms with Crippen LogP contribution in [0.5, 0.6) is 0 Å². The molecule has 0 radical (unpaired) electrons. The van der Waals surface area contributed by atoms with E-state index < -0.39 is 0 Å². The Hall–Kier alpha value is -2.56. The van der Waals surface area contributed by atoms with Crippen molar-refractivity contribution in [2.45, 2.75) is 25.8 Å². The summed E-state index contributed by atoms with van der Waals surface area (Å²) in [6.45, 7) is 3.47. The molecule has 0 saturated carbocycles. The predicted octanol–water partition coefficient (Wildman–Crippen LogP) is 3.42. The topological polar surface area (TPSA) is 51.3 Å². The van der Waals surface area contributed by atoms with E-state index in [9.17, 15) is 4.79 Å². The van der Waals surface area contributed by atoms with Crippen LogP contribution in [0.2, 0.25) is 0 Å². The lowest BCUT2D eigenvalue weighted by Crippen LogP contribution is -2.40. The van der Waals surface area contributed by atoms with Crippen molar-refractivity contribution in [3.05, 3.63) is 54.3 Å². The Morgan fingerprint density at radius 1 is 1.39 bits per heavy atom. The zero-order valence-electron chi connectivity index (χ0n) is 13.1. The molecular weight excluding hydrogens is 290 g/mol. The van der Waals surface area contributed by atoms with E-state index in [1.807, 2.05) is 48.6 Å². The maximum absolute atomic E-state index is 12.8. The molecule has 0 bridgehead atoms. The smallest absolute Gasteiger partial charge is 0.289 e. The number of nitrogens with zero attached hydrogens (tertiary/aromatic N) is 3. The summed E-state index contributed by atoms with van der Waals surface area (Å²) in [6.07, 6.45) is 7.63. The van der Waals surface area contributed by atoms with E-state index in [2.05, 4.69) is 9.55 Å². The zero-order chi connectivity index (χ0) is 15.8. The van der Waals surface area contributed by atoms with Crippen LogP contribution in [0, 0.1) is 6.92 Å². The number of amides is 1. The van der Waals surface area contributed by atoms with Crippen LogP contribution in [0.4, 0.5) is 0 Å². The monoisotopic (exact) mass is 309 g/mol. The molecule has 3 aromatic rings. The summed E-state index contributed by atoms with van der Waals surface area (Å²) in [7, 11) is 0.